The summed E-state index contributed by atoms with van der Waals surface area (Å²) in [7, 11) is 0. The van der Waals surface area contributed by atoms with Crippen LogP contribution < -0.4 is 5.69 Å². The first-order chi connectivity index (χ1) is 13.3. The number of aromatic amines is 1. The highest BCUT2D eigenvalue weighted by Gasteiger charge is 2.11. The third-order valence-corrected chi connectivity index (χ3v) is 6.06. The van der Waals surface area contributed by atoms with Gasteiger partial charge in [0.05, 0.1) is 5.69 Å². The fourth-order valence-corrected chi connectivity index (χ4v) is 4.52. The number of nitrogens with one attached hydrogen (secondary N) is 1. The Balaban J connectivity index is 1.42. The fourth-order valence-electron chi connectivity index (χ4n) is 2.72. The third kappa shape index (κ3) is 4.37. The lowest BCUT2D eigenvalue weighted by molar-refractivity contribution is 0.616. The number of hydrogen-bond donors (Lipinski definition) is 1. The van der Waals surface area contributed by atoms with E-state index in [9.17, 15) is 4.79 Å². The van der Waals surface area contributed by atoms with Crippen LogP contribution in [0.2, 0.25) is 0 Å². The van der Waals surface area contributed by atoms with Crippen molar-refractivity contribution < 1.29 is 0 Å². The average molecular weight is 395 g/mol. The second-order valence-electron chi connectivity index (χ2n) is 6.00. The van der Waals surface area contributed by atoms with Crippen molar-refractivity contribution in [3.63, 3.8) is 0 Å². The van der Waals surface area contributed by atoms with Gasteiger partial charge < -0.3 is 0 Å². The molecule has 0 aliphatic heterocycles. The lowest BCUT2D eigenvalue weighted by atomic mass is 10.1. The Morgan fingerprint density at radius 2 is 1.78 bits per heavy atom. The van der Waals surface area contributed by atoms with Crippen LogP contribution in [0.4, 0.5) is 0 Å². The summed E-state index contributed by atoms with van der Waals surface area (Å²) in [6.45, 7) is 0.605. The zero-order valence-corrected chi connectivity index (χ0v) is 16.2. The van der Waals surface area contributed by atoms with E-state index in [2.05, 4.69) is 39.8 Å². The first kappa shape index (κ1) is 17.8. The van der Waals surface area contributed by atoms with Crippen molar-refractivity contribution in [1.29, 1.82) is 0 Å². The summed E-state index contributed by atoms with van der Waals surface area (Å²) < 4.78 is 1.70. The molecule has 0 radical (unpaired) electrons. The molecule has 0 saturated carbocycles. The van der Waals surface area contributed by atoms with E-state index >= 15 is 0 Å². The summed E-state index contributed by atoms with van der Waals surface area (Å²) in [4.78, 5) is 16.8. The molecule has 0 bridgehead atoms. The van der Waals surface area contributed by atoms with Gasteiger partial charge in [-0.1, -0.05) is 72.4 Å². The van der Waals surface area contributed by atoms with E-state index in [4.69, 9.17) is 4.98 Å². The van der Waals surface area contributed by atoms with Gasteiger partial charge in [-0.15, -0.1) is 16.4 Å². The van der Waals surface area contributed by atoms with Crippen LogP contribution in [-0.4, -0.2) is 19.7 Å². The summed E-state index contributed by atoms with van der Waals surface area (Å²) in [5.74, 6) is 0.680. The monoisotopic (exact) mass is 394 g/mol. The van der Waals surface area contributed by atoms with Gasteiger partial charge in [-0.25, -0.2) is 14.9 Å². The Bertz CT molecular complexity index is 1050. The average Bonchev–Trinajstić information content (AvgIpc) is 3.33. The predicted octanol–water partition coefficient (Wildman–Crippen LogP) is 4.23. The quantitative estimate of drug-likeness (QED) is 0.477. The molecule has 0 aliphatic rings. The van der Waals surface area contributed by atoms with Crippen LogP contribution >= 0.6 is 23.1 Å². The fraction of sp³-hybridized carbons (Fsp3) is 0.150. The van der Waals surface area contributed by atoms with Crippen LogP contribution in [0, 0.1) is 0 Å². The van der Waals surface area contributed by atoms with Gasteiger partial charge in [-0.05, 0) is 12.0 Å². The van der Waals surface area contributed by atoms with Gasteiger partial charge in [0, 0.05) is 23.2 Å². The predicted molar refractivity (Wildman–Crippen MR) is 110 cm³/mol. The SMILES string of the molecule is O=c1[nH]nc(SCc2csc(-c3ccccc3)n2)n1CCc1ccccc1. The Hall–Kier alpha value is -2.64. The molecule has 5 nitrogen and oxygen atoms in total. The number of aryl methyl sites for hydroxylation is 1. The van der Waals surface area contributed by atoms with Crippen molar-refractivity contribution in [1.82, 2.24) is 19.7 Å². The maximum Gasteiger partial charge on any atom is 0.343 e. The Kier molecular flexibility index (Phi) is 5.50. The van der Waals surface area contributed by atoms with Gasteiger partial charge in [0.25, 0.3) is 0 Å². The molecular weight excluding hydrogens is 376 g/mol. The first-order valence-electron chi connectivity index (χ1n) is 8.61. The number of benzene rings is 2. The largest absolute Gasteiger partial charge is 0.343 e. The lowest BCUT2D eigenvalue weighted by Gasteiger charge is -2.05. The standard InChI is InChI=1S/C20H18N4OS2/c25-19-22-23-20(24(19)12-11-15-7-3-1-4-8-15)27-14-17-13-26-18(21-17)16-9-5-2-6-10-16/h1-10,13H,11-12,14H2,(H,22,25). The van der Waals surface area contributed by atoms with Crippen LogP contribution in [0.1, 0.15) is 11.3 Å². The molecule has 0 fully saturated rings. The first-order valence-corrected chi connectivity index (χ1v) is 10.5. The minimum atomic E-state index is -0.170. The van der Waals surface area contributed by atoms with E-state index < -0.39 is 0 Å². The van der Waals surface area contributed by atoms with Crippen molar-refractivity contribution in [3.05, 3.63) is 87.8 Å². The molecule has 7 heteroatoms. The van der Waals surface area contributed by atoms with Crippen LogP contribution in [0.15, 0.2) is 76.0 Å². The molecule has 0 amide bonds. The zero-order chi connectivity index (χ0) is 18.5. The van der Waals surface area contributed by atoms with Crippen molar-refractivity contribution in [2.45, 2.75) is 23.9 Å². The lowest BCUT2D eigenvalue weighted by Crippen LogP contribution is -2.18. The number of aromatic nitrogens is 4. The maximum absolute atomic E-state index is 12.1. The van der Waals surface area contributed by atoms with E-state index in [1.165, 1.54) is 17.3 Å². The van der Waals surface area contributed by atoms with Crippen molar-refractivity contribution in [2.75, 3.05) is 0 Å². The minimum absolute atomic E-state index is 0.170. The minimum Gasteiger partial charge on any atom is -0.270 e. The normalized spacial score (nSPS) is 11.0. The molecule has 2 heterocycles. The van der Waals surface area contributed by atoms with Crippen LogP contribution in [0.3, 0.4) is 0 Å². The molecule has 0 unspecified atom stereocenters. The van der Waals surface area contributed by atoms with Crippen molar-refractivity contribution >= 4 is 23.1 Å². The van der Waals surface area contributed by atoms with Crippen LogP contribution in [0.25, 0.3) is 10.6 Å². The molecule has 0 aliphatic carbocycles. The van der Waals surface area contributed by atoms with Crippen LogP contribution in [0.5, 0.6) is 0 Å². The molecule has 0 saturated heterocycles. The molecular formula is C20H18N4OS2. The van der Waals surface area contributed by atoms with Gasteiger partial charge in [0.1, 0.15) is 5.01 Å². The number of H-pyrrole nitrogens is 1. The second kappa shape index (κ2) is 8.37. The molecule has 0 spiro atoms. The van der Waals surface area contributed by atoms with E-state index in [1.54, 1.807) is 15.9 Å². The third-order valence-electron chi connectivity index (χ3n) is 4.11. The molecule has 2 aromatic heterocycles. The second-order valence-corrected chi connectivity index (χ2v) is 7.80. The van der Waals surface area contributed by atoms with Gasteiger partial charge in [-0.3, -0.25) is 4.57 Å². The highest BCUT2D eigenvalue weighted by molar-refractivity contribution is 7.98. The maximum atomic E-state index is 12.1. The van der Waals surface area contributed by atoms with Crippen LogP contribution in [-0.2, 0) is 18.7 Å². The number of rotatable bonds is 7. The van der Waals surface area contributed by atoms with E-state index in [0.29, 0.717) is 17.5 Å². The molecule has 136 valence electrons. The van der Waals surface area contributed by atoms with Gasteiger partial charge in [-0.2, -0.15) is 0 Å². The number of thiazole rings is 1. The molecule has 4 aromatic rings. The Labute approximate surface area is 165 Å². The molecule has 27 heavy (non-hydrogen) atoms. The highest BCUT2D eigenvalue weighted by atomic mass is 32.2. The zero-order valence-electron chi connectivity index (χ0n) is 14.5. The molecule has 4 rings (SSSR count). The molecule has 1 N–H and O–H groups in total. The van der Waals surface area contributed by atoms with Crippen molar-refractivity contribution in [3.8, 4) is 10.6 Å². The summed E-state index contributed by atoms with van der Waals surface area (Å²) in [5.41, 5.74) is 3.15. The summed E-state index contributed by atoms with van der Waals surface area (Å²) in [5, 5.41) is 10.5. The number of thioether (sulfide) groups is 1. The van der Waals surface area contributed by atoms with Crippen molar-refractivity contribution in [2.24, 2.45) is 0 Å². The summed E-state index contributed by atoms with van der Waals surface area (Å²) in [6, 6.07) is 20.3. The Morgan fingerprint density at radius 3 is 2.56 bits per heavy atom. The number of hydrogen-bond acceptors (Lipinski definition) is 5. The summed E-state index contributed by atoms with van der Waals surface area (Å²) >= 11 is 3.16. The van der Waals surface area contributed by atoms with Gasteiger partial charge in [0.15, 0.2) is 5.16 Å². The smallest absolute Gasteiger partial charge is 0.270 e. The Morgan fingerprint density at radius 1 is 1.04 bits per heavy atom. The molecule has 2 aromatic carbocycles. The van der Waals surface area contributed by atoms with Gasteiger partial charge in [0.2, 0.25) is 0 Å². The van der Waals surface area contributed by atoms with E-state index in [1.807, 2.05) is 36.4 Å². The van der Waals surface area contributed by atoms with Gasteiger partial charge >= 0.3 is 5.69 Å². The number of nitrogens with zero attached hydrogens (tertiary/aromatic N) is 3. The topological polar surface area (TPSA) is 63.6 Å². The van der Waals surface area contributed by atoms with E-state index in [-0.39, 0.29) is 5.69 Å². The molecule has 0 atom stereocenters. The summed E-state index contributed by atoms with van der Waals surface area (Å²) in [6.07, 6.45) is 0.794. The van der Waals surface area contributed by atoms with E-state index in [0.717, 1.165) is 22.7 Å². The highest BCUT2D eigenvalue weighted by Crippen LogP contribution is 2.26.